The average molecular weight is 365 g/mol. The smallest absolute Gasteiger partial charge is 0.207 e. The molecule has 2 aromatic carbocycles. The Morgan fingerprint density at radius 1 is 0.952 bits per heavy atom. The number of rotatable bonds is 2. The predicted octanol–water partition coefficient (Wildman–Crippen LogP) is 5.78. The maximum Gasteiger partial charge on any atom is 0.416 e. The van der Waals surface area contributed by atoms with Gasteiger partial charge < -0.3 is 0 Å². The van der Waals surface area contributed by atoms with Crippen molar-refractivity contribution in [1.29, 1.82) is 0 Å². The van der Waals surface area contributed by atoms with Crippen LogP contribution in [0.3, 0.4) is 0 Å². The lowest BCUT2D eigenvalue weighted by Crippen LogP contribution is -2.05. The molecule has 0 aromatic heterocycles. The van der Waals surface area contributed by atoms with Gasteiger partial charge in [0.2, 0.25) is 0 Å². The van der Waals surface area contributed by atoms with Gasteiger partial charge in [0.1, 0.15) is 11.6 Å². The van der Waals surface area contributed by atoms with Crippen LogP contribution in [0.25, 0.3) is 0 Å². The summed E-state index contributed by atoms with van der Waals surface area (Å²) in [5.74, 6) is -1.18. The molecular weight excluding hydrogens is 355 g/mol. The topological polar surface area (TPSA) is 0 Å². The van der Waals surface area contributed by atoms with Gasteiger partial charge in [-0.05, 0) is 42.3 Å². The molecule has 0 saturated heterocycles. The van der Waals surface area contributed by atoms with Crippen LogP contribution < -0.4 is 0 Å². The summed E-state index contributed by atoms with van der Waals surface area (Å²) < 4.78 is 64.8. The van der Waals surface area contributed by atoms with E-state index in [1.54, 1.807) is 0 Å². The molecule has 0 saturated carbocycles. The van der Waals surface area contributed by atoms with Crippen molar-refractivity contribution in [3.63, 3.8) is 0 Å². The van der Waals surface area contributed by atoms with Crippen LogP contribution in [-0.2, 0) is 6.18 Å². The van der Waals surface area contributed by atoms with Crippen molar-refractivity contribution < 1.29 is 22.0 Å². The van der Waals surface area contributed by atoms with E-state index in [0.717, 1.165) is 24.3 Å². The SMILES string of the molecule is Cc1cc(F)c(C(Br)c2ccc(C(F)(F)F)cc2)cc1F. The normalized spacial score (nSPS) is 13.3. The molecule has 2 rings (SSSR count). The first-order chi connectivity index (χ1) is 9.70. The van der Waals surface area contributed by atoms with E-state index >= 15 is 0 Å². The number of hydrogen-bond donors (Lipinski definition) is 0. The molecule has 21 heavy (non-hydrogen) atoms. The molecule has 0 amide bonds. The van der Waals surface area contributed by atoms with Crippen LogP contribution in [0.15, 0.2) is 36.4 Å². The monoisotopic (exact) mass is 364 g/mol. The third-order valence-corrected chi connectivity index (χ3v) is 4.10. The molecule has 2 aromatic rings. The fourth-order valence-corrected chi connectivity index (χ4v) is 2.53. The van der Waals surface area contributed by atoms with Crippen LogP contribution in [-0.4, -0.2) is 0 Å². The number of alkyl halides is 4. The molecule has 0 bridgehead atoms. The zero-order valence-electron chi connectivity index (χ0n) is 10.8. The van der Waals surface area contributed by atoms with Crippen LogP contribution in [0, 0.1) is 18.6 Å². The van der Waals surface area contributed by atoms with Gasteiger partial charge >= 0.3 is 6.18 Å². The van der Waals surface area contributed by atoms with Crippen molar-refractivity contribution in [3.8, 4) is 0 Å². The highest BCUT2D eigenvalue weighted by molar-refractivity contribution is 9.09. The van der Waals surface area contributed by atoms with Gasteiger partial charge in [0.05, 0.1) is 10.4 Å². The molecule has 0 aliphatic heterocycles. The number of halogens is 6. The Hall–Kier alpha value is -1.43. The van der Waals surface area contributed by atoms with Crippen molar-refractivity contribution in [2.75, 3.05) is 0 Å². The summed E-state index contributed by atoms with van der Waals surface area (Å²) in [6, 6.07) is 6.39. The second-order valence-corrected chi connectivity index (χ2v) is 5.52. The van der Waals surface area contributed by atoms with Crippen molar-refractivity contribution in [2.24, 2.45) is 0 Å². The van der Waals surface area contributed by atoms with Gasteiger partial charge in [-0.25, -0.2) is 8.78 Å². The van der Waals surface area contributed by atoms with Gasteiger partial charge in [-0.3, -0.25) is 0 Å². The van der Waals surface area contributed by atoms with Crippen LogP contribution >= 0.6 is 15.9 Å². The molecule has 0 radical (unpaired) electrons. The highest BCUT2D eigenvalue weighted by atomic mass is 79.9. The van der Waals surface area contributed by atoms with Crippen LogP contribution in [0.5, 0.6) is 0 Å². The maximum atomic E-state index is 13.9. The van der Waals surface area contributed by atoms with Gasteiger partial charge in [-0.1, -0.05) is 28.1 Å². The van der Waals surface area contributed by atoms with E-state index in [1.807, 2.05) is 0 Å². The van der Waals surface area contributed by atoms with E-state index in [4.69, 9.17) is 0 Å². The van der Waals surface area contributed by atoms with Crippen molar-refractivity contribution in [1.82, 2.24) is 0 Å². The highest BCUT2D eigenvalue weighted by Gasteiger charge is 2.30. The lowest BCUT2D eigenvalue weighted by Gasteiger charge is -2.14. The number of aryl methyl sites for hydroxylation is 1. The van der Waals surface area contributed by atoms with Crippen LogP contribution in [0.4, 0.5) is 22.0 Å². The third kappa shape index (κ3) is 3.43. The minimum Gasteiger partial charge on any atom is -0.207 e. The molecule has 112 valence electrons. The van der Waals surface area contributed by atoms with E-state index in [1.165, 1.54) is 19.1 Å². The molecule has 0 nitrogen and oxygen atoms in total. The quantitative estimate of drug-likeness (QED) is 0.468. The van der Waals surface area contributed by atoms with Gasteiger partial charge in [0.25, 0.3) is 0 Å². The zero-order valence-corrected chi connectivity index (χ0v) is 12.4. The first kappa shape index (κ1) is 15.9. The van der Waals surface area contributed by atoms with E-state index in [2.05, 4.69) is 15.9 Å². The van der Waals surface area contributed by atoms with Crippen LogP contribution in [0.1, 0.15) is 27.1 Å². The highest BCUT2D eigenvalue weighted by Crippen LogP contribution is 2.35. The van der Waals surface area contributed by atoms with Gasteiger partial charge in [-0.2, -0.15) is 13.2 Å². The fraction of sp³-hybridized carbons (Fsp3) is 0.200. The van der Waals surface area contributed by atoms with E-state index < -0.39 is 28.2 Å². The summed E-state index contributed by atoms with van der Waals surface area (Å²) in [5, 5.41) is 0. The van der Waals surface area contributed by atoms with Gasteiger partial charge in [0.15, 0.2) is 0 Å². The second-order valence-electron chi connectivity index (χ2n) is 4.61. The van der Waals surface area contributed by atoms with Crippen molar-refractivity contribution in [3.05, 3.63) is 70.3 Å². The number of hydrogen-bond acceptors (Lipinski definition) is 0. The Morgan fingerprint density at radius 2 is 1.52 bits per heavy atom. The Bertz CT molecular complexity index is 646. The Balaban J connectivity index is 2.36. The molecular formula is C15H10BrF5. The average Bonchev–Trinajstić information content (AvgIpc) is 2.41. The summed E-state index contributed by atoms with van der Waals surface area (Å²) in [4.78, 5) is -0.727. The Morgan fingerprint density at radius 3 is 2.05 bits per heavy atom. The molecule has 0 N–H and O–H groups in total. The van der Waals surface area contributed by atoms with Crippen molar-refractivity contribution in [2.45, 2.75) is 17.9 Å². The predicted molar refractivity (Wildman–Crippen MR) is 73.3 cm³/mol. The van der Waals surface area contributed by atoms with E-state index in [-0.39, 0.29) is 11.1 Å². The minimum absolute atomic E-state index is 0.0397. The third-order valence-electron chi connectivity index (χ3n) is 3.08. The lowest BCUT2D eigenvalue weighted by atomic mass is 10.0. The summed E-state index contributed by atoms with van der Waals surface area (Å²) >= 11 is 3.19. The standard InChI is InChI=1S/C15H10BrF5/c1-8-6-13(18)11(7-12(8)17)14(16)9-2-4-10(5-3-9)15(19,20)21/h2-7,14H,1H3. The summed E-state index contributed by atoms with van der Waals surface area (Å²) in [6.45, 7) is 1.43. The van der Waals surface area contributed by atoms with Crippen LogP contribution in [0.2, 0.25) is 0 Å². The Kier molecular flexibility index (Phi) is 4.37. The summed E-state index contributed by atoms with van der Waals surface area (Å²) in [5.41, 5.74) is -0.173. The zero-order chi connectivity index (χ0) is 15.8. The molecule has 1 unspecified atom stereocenters. The molecule has 0 aliphatic rings. The fourth-order valence-electron chi connectivity index (χ4n) is 1.88. The molecule has 0 heterocycles. The molecule has 0 aliphatic carbocycles. The molecule has 1 atom stereocenters. The van der Waals surface area contributed by atoms with E-state index in [9.17, 15) is 22.0 Å². The maximum absolute atomic E-state index is 13.9. The second kappa shape index (κ2) is 5.75. The van der Waals surface area contributed by atoms with Crippen molar-refractivity contribution >= 4 is 15.9 Å². The number of benzene rings is 2. The minimum atomic E-state index is -4.43. The Labute approximate surface area is 126 Å². The largest absolute Gasteiger partial charge is 0.416 e. The van der Waals surface area contributed by atoms with Gasteiger partial charge in [0, 0.05) is 5.56 Å². The van der Waals surface area contributed by atoms with Gasteiger partial charge in [-0.15, -0.1) is 0 Å². The summed E-state index contributed by atoms with van der Waals surface area (Å²) in [7, 11) is 0. The molecule has 0 spiro atoms. The molecule has 6 heteroatoms. The van der Waals surface area contributed by atoms with E-state index in [0.29, 0.717) is 5.56 Å². The lowest BCUT2D eigenvalue weighted by molar-refractivity contribution is -0.137. The molecule has 0 fully saturated rings. The first-order valence-corrected chi connectivity index (χ1v) is 6.88. The first-order valence-electron chi connectivity index (χ1n) is 5.97. The summed E-state index contributed by atoms with van der Waals surface area (Å²) in [6.07, 6.45) is -4.43.